The lowest BCUT2D eigenvalue weighted by Crippen LogP contribution is -2.06. The molecule has 0 fully saturated rings. The van der Waals surface area contributed by atoms with Crippen LogP contribution in [0.3, 0.4) is 0 Å². The van der Waals surface area contributed by atoms with E-state index < -0.39 is 5.97 Å². The molecular formula is C27H24BrNO4. The molecule has 1 heterocycles. The molecule has 0 saturated carbocycles. The fourth-order valence-electron chi connectivity index (χ4n) is 3.48. The van der Waals surface area contributed by atoms with Gasteiger partial charge in [-0.2, -0.15) is 0 Å². The number of rotatable bonds is 8. The summed E-state index contributed by atoms with van der Waals surface area (Å²) in [6.45, 7) is 4.87. The van der Waals surface area contributed by atoms with Gasteiger partial charge in [-0.05, 0) is 70.7 Å². The largest absolute Gasteiger partial charge is 0.490 e. The van der Waals surface area contributed by atoms with Gasteiger partial charge in [0.25, 0.3) is 0 Å². The second kappa shape index (κ2) is 10.5. The standard InChI is InChI=1S/C27H24BrNO4/c1-3-31-24-17-20(15-22(28)25(24)32-14-13-19-10-5-4-6-11-19)16-23-27(30)33-26(29-23)21-12-8-7-9-18(21)2/h4-12,15-17H,3,13-14H2,1-2H3/b23-16-. The number of carbonyl (C=O) groups excluding carboxylic acids is 1. The van der Waals surface area contributed by atoms with E-state index in [1.165, 1.54) is 5.56 Å². The van der Waals surface area contributed by atoms with Crippen molar-refractivity contribution in [1.82, 2.24) is 0 Å². The number of aryl methyl sites for hydroxylation is 1. The second-order valence-corrected chi connectivity index (χ2v) is 8.35. The summed E-state index contributed by atoms with van der Waals surface area (Å²) >= 11 is 3.59. The number of hydrogen-bond donors (Lipinski definition) is 0. The zero-order chi connectivity index (χ0) is 23.2. The molecule has 0 aromatic heterocycles. The van der Waals surface area contributed by atoms with Crippen LogP contribution in [0.1, 0.15) is 29.2 Å². The van der Waals surface area contributed by atoms with Gasteiger partial charge in [0.15, 0.2) is 17.2 Å². The van der Waals surface area contributed by atoms with E-state index >= 15 is 0 Å². The van der Waals surface area contributed by atoms with Gasteiger partial charge in [-0.1, -0.05) is 48.5 Å². The minimum absolute atomic E-state index is 0.236. The van der Waals surface area contributed by atoms with Gasteiger partial charge in [0.1, 0.15) is 0 Å². The van der Waals surface area contributed by atoms with Crippen LogP contribution in [0.4, 0.5) is 0 Å². The molecule has 33 heavy (non-hydrogen) atoms. The fraction of sp³-hybridized carbons (Fsp3) is 0.185. The Bertz CT molecular complexity index is 1220. The lowest BCUT2D eigenvalue weighted by Gasteiger charge is -2.15. The number of cyclic esters (lactones) is 1. The molecule has 1 aliphatic heterocycles. The Kier molecular flexibility index (Phi) is 7.25. The van der Waals surface area contributed by atoms with Gasteiger partial charge < -0.3 is 14.2 Å². The highest BCUT2D eigenvalue weighted by Crippen LogP contribution is 2.38. The number of ether oxygens (including phenoxy) is 3. The Morgan fingerprint density at radius 2 is 1.79 bits per heavy atom. The molecule has 1 aliphatic rings. The van der Waals surface area contributed by atoms with Crippen LogP contribution in [0.15, 0.2) is 81.9 Å². The first-order valence-corrected chi connectivity index (χ1v) is 11.6. The van der Waals surface area contributed by atoms with E-state index in [1.54, 1.807) is 6.08 Å². The topological polar surface area (TPSA) is 57.1 Å². The third-order valence-corrected chi connectivity index (χ3v) is 5.70. The minimum atomic E-state index is -0.481. The molecule has 0 saturated heterocycles. The predicted molar refractivity (Wildman–Crippen MR) is 133 cm³/mol. The van der Waals surface area contributed by atoms with Crippen LogP contribution in [0.2, 0.25) is 0 Å². The molecule has 0 bridgehead atoms. The monoisotopic (exact) mass is 505 g/mol. The van der Waals surface area contributed by atoms with Crippen molar-refractivity contribution < 1.29 is 19.0 Å². The summed E-state index contributed by atoms with van der Waals surface area (Å²) in [5.74, 6) is 1.06. The van der Waals surface area contributed by atoms with E-state index in [-0.39, 0.29) is 5.70 Å². The molecule has 0 amide bonds. The van der Waals surface area contributed by atoms with Crippen molar-refractivity contribution in [3.8, 4) is 11.5 Å². The highest BCUT2D eigenvalue weighted by Gasteiger charge is 2.25. The van der Waals surface area contributed by atoms with Gasteiger partial charge in [0.2, 0.25) is 5.90 Å². The number of aliphatic imine (C=N–C) groups is 1. The predicted octanol–water partition coefficient (Wildman–Crippen LogP) is 6.12. The van der Waals surface area contributed by atoms with Crippen molar-refractivity contribution in [2.75, 3.05) is 13.2 Å². The lowest BCUT2D eigenvalue weighted by atomic mass is 10.1. The Morgan fingerprint density at radius 3 is 2.55 bits per heavy atom. The average molecular weight is 506 g/mol. The summed E-state index contributed by atoms with van der Waals surface area (Å²) in [6, 6.07) is 21.6. The van der Waals surface area contributed by atoms with Crippen molar-refractivity contribution in [2.45, 2.75) is 20.3 Å². The minimum Gasteiger partial charge on any atom is -0.490 e. The van der Waals surface area contributed by atoms with E-state index in [1.807, 2.05) is 68.4 Å². The summed E-state index contributed by atoms with van der Waals surface area (Å²) in [5.41, 5.74) is 3.98. The van der Waals surface area contributed by atoms with E-state index in [0.717, 1.165) is 27.6 Å². The number of nitrogens with zero attached hydrogens (tertiary/aromatic N) is 1. The van der Waals surface area contributed by atoms with Crippen LogP contribution >= 0.6 is 15.9 Å². The normalized spacial score (nSPS) is 14.2. The zero-order valence-corrected chi connectivity index (χ0v) is 20.1. The van der Waals surface area contributed by atoms with Gasteiger partial charge in [-0.15, -0.1) is 0 Å². The van der Waals surface area contributed by atoms with Crippen molar-refractivity contribution in [1.29, 1.82) is 0 Å². The summed E-state index contributed by atoms with van der Waals surface area (Å²) in [5, 5.41) is 0. The van der Waals surface area contributed by atoms with Gasteiger partial charge in [0.05, 0.1) is 17.7 Å². The van der Waals surface area contributed by atoms with Crippen molar-refractivity contribution in [3.63, 3.8) is 0 Å². The smallest absolute Gasteiger partial charge is 0.363 e. The van der Waals surface area contributed by atoms with E-state index in [9.17, 15) is 4.79 Å². The maximum Gasteiger partial charge on any atom is 0.363 e. The molecule has 6 heteroatoms. The highest BCUT2D eigenvalue weighted by molar-refractivity contribution is 9.10. The van der Waals surface area contributed by atoms with Crippen LogP contribution in [0, 0.1) is 6.92 Å². The molecule has 0 aliphatic carbocycles. The lowest BCUT2D eigenvalue weighted by molar-refractivity contribution is -0.129. The summed E-state index contributed by atoms with van der Waals surface area (Å²) in [6.07, 6.45) is 2.47. The van der Waals surface area contributed by atoms with E-state index in [4.69, 9.17) is 14.2 Å². The first-order valence-electron chi connectivity index (χ1n) is 10.8. The molecule has 0 atom stereocenters. The molecule has 4 rings (SSSR count). The van der Waals surface area contributed by atoms with Crippen LogP contribution in [-0.2, 0) is 16.0 Å². The first kappa shape index (κ1) is 22.8. The van der Waals surface area contributed by atoms with Gasteiger partial charge in [-0.3, -0.25) is 0 Å². The quantitative estimate of drug-likeness (QED) is 0.273. The number of halogens is 1. The second-order valence-electron chi connectivity index (χ2n) is 7.50. The number of carbonyl (C=O) groups is 1. The summed E-state index contributed by atoms with van der Waals surface area (Å²) in [4.78, 5) is 16.9. The van der Waals surface area contributed by atoms with E-state index in [0.29, 0.717) is 30.6 Å². The first-order chi connectivity index (χ1) is 16.0. The van der Waals surface area contributed by atoms with Gasteiger partial charge in [-0.25, -0.2) is 9.79 Å². The third kappa shape index (κ3) is 5.52. The molecule has 168 valence electrons. The summed E-state index contributed by atoms with van der Waals surface area (Å²) in [7, 11) is 0. The van der Waals surface area contributed by atoms with Crippen LogP contribution in [0.5, 0.6) is 11.5 Å². The van der Waals surface area contributed by atoms with Crippen LogP contribution < -0.4 is 9.47 Å². The van der Waals surface area contributed by atoms with Crippen molar-refractivity contribution >= 4 is 33.9 Å². The molecule has 3 aromatic carbocycles. The van der Waals surface area contributed by atoms with Gasteiger partial charge in [0, 0.05) is 12.0 Å². The maximum absolute atomic E-state index is 12.4. The van der Waals surface area contributed by atoms with Crippen molar-refractivity contribution in [2.24, 2.45) is 4.99 Å². The third-order valence-electron chi connectivity index (χ3n) is 5.11. The average Bonchev–Trinajstić information content (AvgIpc) is 3.16. The number of hydrogen-bond acceptors (Lipinski definition) is 5. The molecule has 0 unspecified atom stereocenters. The Labute approximate surface area is 201 Å². The summed E-state index contributed by atoms with van der Waals surface area (Å²) < 4.78 is 18.0. The molecule has 0 N–H and O–H groups in total. The van der Waals surface area contributed by atoms with Gasteiger partial charge >= 0.3 is 5.97 Å². The molecule has 5 nitrogen and oxygen atoms in total. The number of esters is 1. The van der Waals surface area contributed by atoms with E-state index in [2.05, 4.69) is 33.1 Å². The van der Waals surface area contributed by atoms with Crippen molar-refractivity contribution in [3.05, 3.63) is 99.2 Å². The Balaban J connectivity index is 1.57. The molecular weight excluding hydrogens is 482 g/mol. The van der Waals surface area contributed by atoms with Crippen LogP contribution in [0.25, 0.3) is 6.08 Å². The molecule has 0 spiro atoms. The Hall–Kier alpha value is -3.38. The number of benzene rings is 3. The Morgan fingerprint density at radius 1 is 1.03 bits per heavy atom. The SMILES string of the molecule is CCOc1cc(/C=C2\N=C(c3ccccc3C)OC2=O)cc(Br)c1OCCc1ccccc1. The molecule has 0 radical (unpaired) electrons. The molecule has 3 aromatic rings. The highest BCUT2D eigenvalue weighted by atomic mass is 79.9. The zero-order valence-electron chi connectivity index (χ0n) is 18.5. The maximum atomic E-state index is 12.4. The fourth-order valence-corrected chi connectivity index (χ4v) is 4.06. The van der Waals surface area contributed by atoms with Crippen LogP contribution in [-0.4, -0.2) is 25.1 Å².